The van der Waals surface area contributed by atoms with E-state index < -0.39 is 0 Å². The number of hydrogen-bond acceptors (Lipinski definition) is 2. The zero-order valence-electron chi connectivity index (χ0n) is 6.71. The summed E-state index contributed by atoms with van der Waals surface area (Å²) in [6, 6.07) is 3.66. The van der Waals surface area contributed by atoms with Crippen LogP contribution in [0.15, 0.2) is 18.3 Å². The van der Waals surface area contributed by atoms with Gasteiger partial charge in [-0.2, -0.15) is 0 Å². The Morgan fingerprint density at radius 3 is 2.82 bits per heavy atom. The third-order valence-corrected chi connectivity index (χ3v) is 1.49. The molecule has 0 amide bonds. The van der Waals surface area contributed by atoms with E-state index in [1.54, 1.807) is 12.3 Å². The van der Waals surface area contributed by atoms with E-state index in [0.29, 0.717) is 0 Å². The van der Waals surface area contributed by atoms with Crippen LogP contribution in [0.25, 0.3) is 0 Å². The Morgan fingerprint density at radius 2 is 2.27 bits per heavy atom. The third-order valence-electron chi connectivity index (χ3n) is 1.26. The molecule has 0 aliphatic carbocycles. The van der Waals surface area contributed by atoms with E-state index in [1.807, 2.05) is 20.2 Å². The lowest BCUT2D eigenvalue weighted by molar-refractivity contribution is 0.397. The maximum Gasteiger partial charge on any atom is 0.0558 e. The molecule has 60 valence electrons. The molecule has 0 radical (unpaired) electrons. The molecular formula is C8H11ClN2. The molecule has 0 aromatic carbocycles. The van der Waals surface area contributed by atoms with E-state index in [4.69, 9.17) is 11.6 Å². The molecule has 0 unspecified atom stereocenters. The van der Waals surface area contributed by atoms with Crippen LogP contribution >= 0.6 is 11.6 Å². The molecule has 1 rings (SSSR count). The van der Waals surface area contributed by atoms with Crippen LogP contribution in [0.4, 0.5) is 0 Å². The normalized spacial score (nSPS) is 10.5. The van der Waals surface area contributed by atoms with Crippen LogP contribution in [0, 0.1) is 0 Å². The highest BCUT2D eigenvalue weighted by atomic mass is 35.5. The van der Waals surface area contributed by atoms with Crippen molar-refractivity contribution in [1.29, 1.82) is 0 Å². The molecule has 0 N–H and O–H groups in total. The monoisotopic (exact) mass is 170 g/mol. The zero-order chi connectivity index (χ0) is 8.27. The van der Waals surface area contributed by atoms with Crippen LogP contribution in [0.1, 0.15) is 5.69 Å². The highest BCUT2D eigenvalue weighted by molar-refractivity contribution is 6.30. The van der Waals surface area contributed by atoms with Crippen LogP contribution in [0.3, 0.4) is 0 Å². The predicted molar refractivity (Wildman–Crippen MR) is 46.6 cm³/mol. The summed E-state index contributed by atoms with van der Waals surface area (Å²) in [7, 11) is 4.01. The van der Waals surface area contributed by atoms with Crippen LogP contribution in [-0.2, 0) is 6.54 Å². The van der Waals surface area contributed by atoms with E-state index in [9.17, 15) is 0 Å². The minimum absolute atomic E-state index is 0.747. The van der Waals surface area contributed by atoms with Gasteiger partial charge in [-0.15, -0.1) is 0 Å². The number of aromatic nitrogens is 1. The Kier molecular flexibility index (Phi) is 2.85. The van der Waals surface area contributed by atoms with Gasteiger partial charge in [-0.3, -0.25) is 4.98 Å². The average Bonchev–Trinajstić information content (AvgIpc) is 1.85. The largest absolute Gasteiger partial charge is 0.304 e. The summed E-state index contributed by atoms with van der Waals surface area (Å²) in [5, 5.41) is 0.747. The molecule has 11 heavy (non-hydrogen) atoms. The molecule has 0 aliphatic rings. The quantitative estimate of drug-likeness (QED) is 0.673. The van der Waals surface area contributed by atoms with Crippen LogP contribution in [0.2, 0.25) is 5.02 Å². The van der Waals surface area contributed by atoms with Gasteiger partial charge in [0.2, 0.25) is 0 Å². The van der Waals surface area contributed by atoms with Crippen molar-refractivity contribution in [1.82, 2.24) is 9.88 Å². The van der Waals surface area contributed by atoms with Crippen molar-refractivity contribution in [3.05, 3.63) is 29.0 Å². The van der Waals surface area contributed by atoms with Gasteiger partial charge >= 0.3 is 0 Å². The van der Waals surface area contributed by atoms with E-state index in [2.05, 4.69) is 9.88 Å². The Hall–Kier alpha value is -0.600. The fourth-order valence-electron chi connectivity index (χ4n) is 0.859. The molecule has 1 aromatic heterocycles. The van der Waals surface area contributed by atoms with Gasteiger partial charge in [-0.25, -0.2) is 0 Å². The lowest BCUT2D eigenvalue weighted by Crippen LogP contribution is -2.11. The van der Waals surface area contributed by atoms with Gasteiger partial charge in [0.1, 0.15) is 0 Å². The number of nitrogens with zero attached hydrogens (tertiary/aromatic N) is 2. The molecule has 1 aromatic rings. The van der Waals surface area contributed by atoms with Crippen molar-refractivity contribution in [3.63, 3.8) is 0 Å². The molecule has 2 nitrogen and oxygen atoms in total. The van der Waals surface area contributed by atoms with Gasteiger partial charge in [-0.05, 0) is 26.2 Å². The van der Waals surface area contributed by atoms with Gasteiger partial charge in [0.25, 0.3) is 0 Å². The molecule has 0 saturated heterocycles. The van der Waals surface area contributed by atoms with Crippen molar-refractivity contribution in [2.24, 2.45) is 0 Å². The van der Waals surface area contributed by atoms with Crippen LogP contribution in [0.5, 0.6) is 0 Å². The third kappa shape index (κ3) is 2.87. The summed E-state index contributed by atoms with van der Waals surface area (Å²) in [6.45, 7) is 0.834. The minimum Gasteiger partial charge on any atom is -0.304 e. The second-order valence-electron chi connectivity index (χ2n) is 2.70. The van der Waals surface area contributed by atoms with Crippen molar-refractivity contribution in [3.8, 4) is 0 Å². The first-order valence-electron chi connectivity index (χ1n) is 3.43. The van der Waals surface area contributed by atoms with Crippen molar-refractivity contribution >= 4 is 11.6 Å². The molecular weight excluding hydrogens is 160 g/mol. The minimum atomic E-state index is 0.747. The van der Waals surface area contributed by atoms with E-state index in [-0.39, 0.29) is 0 Å². The Morgan fingerprint density at radius 1 is 1.55 bits per heavy atom. The fourth-order valence-corrected chi connectivity index (χ4v) is 1.04. The van der Waals surface area contributed by atoms with Crippen LogP contribution < -0.4 is 0 Å². The van der Waals surface area contributed by atoms with E-state index >= 15 is 0 Å². The highest BCUT2D eigenvalue weighted by Gasteiger charge is 1.96. The first-order chi connectivity index (χ1) is 5.18. The molecule has 0 saturated carbocycles. The second kappa shape index (κ2) is 3.69. The number of pyridine rings is 1. The standard InChI is InChI=1S/C8H11ClN2/c1-11(2)6-8-5-7(9)3-4-10-8/h3-5H,6H2,1-2H3. The molecule has 0 bridgehead atoms. The summed E-state index contributed by atoms with van der Waals surface area (Å²) in [5.74, 6) is 0. The van der Waals surface area contributed by atoms with Gasteiger partial charge in [0.05, 0.1) is 5.69 Å². The van der Waals surface area contributed by atoms with Gasteiger partial charge in [0, 0.05) is 17.8 Å². The Balaban J connectivity index is 2.71. The molecule has 0 fully saturated rings. The first-order valence-corrected chi connectivity index (χ1v) is 3.81. The predicted octanol–water partition coefficient (Wildman–Crippen LogP) is 1.80. The smallest absolute Gasteiger partial charge is 0.0558 e. The summed E-state index contributed by atoms with van der Waals surface area (Å²) in [4.78, 5) is 6.21. The number of rotatable bonds is 2. The molecule has 0 spiro atoms. The summed E-state index contributed by atoms with van der Waals surface area (Å²) >= 11 is 5.77. The van der Waals surface area contributed by atoms with Gasteiger partial charge in [0.15, 0.2) is 0 Å². The Labute approximate surface area is 71.8 Å². The summed E-state index contributed by atoms with van der Waals surface area (Å²) in [6.07, 6.45) is 1.72. The highest BCUT2D eigenvalue weighted by Crippen LogP contribution is 2.08. The Bertz CT molecular complexity index is 235. The maximum absolute atomic E-state index is 5.77. The SMILES string of the molecule is CN(C)Cc1cc(Cl)ccn1. The average molecular weight is 171 g/mol. The fraction of sp³-hybridized carbons (Fsp3) is 0.375. The molecule has 3 heteroatoms. The zero-order valence-corrected chi connectivity index (χ0v) is 7.47. The molecule has 0 atom stereocenters. The van der Waals surface area contributed by atoms with Crippen LogP contribution in [-0.4, -0.2) is 24.0 Å². The summed E-state index contributed by atoms with van der Waals surface area (Å²) < 4.78 is 0. The maximum atomic E-state index is 5.77. The van der Waals surface area contributed by atoms with Gasteiger partial charge < -0.3 is 4.90 Å². The van der Waals surface area contributed by atoms with E-state index in [0.717, 1.165) is 17.3 Å². The topological polar surface area (TPSA) is 16.1 Å². The number of halogens is 1. The van der Waals surface area contributed by atoms with Gasteiger partial charge in [-0.1, -0.05) is 11.6 Å². The molecule has 0 aliphatic heterocycles. The van der Waals surface area contributed by atoms with Crippen molar-refractivity contribution in [2.45, 2.75) is 6.54 Å². The van der Waals surface area contributed by atoms with Crippen molar-refractivity contribution in [2.75, 3.05) is 14.1 Å². The van der Waals surface area contributed by atoms with E-state index in [1.165, 1.54) is 0 Å². The first kappa shape index (κ1) is 8.50. The molecule has 1 heterocycles. The number of hydrogen-bond donors (Lipinski definition) is 0. The lowest BCUT2D eigenvalue weighted by Gasteiger charge is -2.07. The second-order valence-corrected chi connectivity index (χ2v) is 3.14. The van der Waals surface area contributed by atoms with Crippen molar-refractivity contribution < 1.29 is 0 Å². The lowest BCUT2D eigenvalue weighted by atomic mass is 10.3. The summed E-state index contributed by atoms with van der Waals surface area (Å²) in [5.41, 5.74) is 1.00.